The Morgan fingerprint density at radius 2 is 2.11 bits per heavy atom. The molecule has 4 nitrogen and oxygen atoms in total. The van der Waals surface area contributed by atoms with Crippen molar-refractivity contribution in [3.63, 3.8) is 0 Å². The fourth-order valence-electron chi connectivity index (χ4n) is 1.79. The molecule has 1 heterocycles. The summed E-state index contributed by atoms with van der Waals surface area (Å²) in [7, 11) is 0. The first-order chi connectivity index (χ1) is 8.72. The van der Waals surface area contributed by atoms with Crippen LogP contribution in [-0.4, -0.2) is 10.1 Å². The molecule has 94 valence electrons. The van der Waals surface area contributed by atoms with Crippen LogP contribution in [-0.2, 0) is 13.2 Å². The van der Waals surface area contributed by atoms with Gasteiger partial charge < -0.3 is 15.6 Å². The van der Waals surface area contributed by atoms with Crippen LogP contribution in [0.15, 0.2) is 36.5 Å². The average Bonchev–Trinajstić information content (AvgIpc) is 2.39. The van der Waals surface area contributed by atoms with Crippen molar-refractivity contribution < 1.29 is 9.84 Å². The van der Waals surface area contributed by atoms with Crippen molar-refractivity contribution in [3.8, 4) is 5.75 Å². The molecule has 0 spiro atoms. The Hall–Kier alpha value is -2.07. The van der Waals surface area contributed by atoms with E-state index >= 15 is 0 Å². The minimum Gasteiger partial charge on any atom is -0.485 e. The van der Waals surface area contributed by atoms with Crippen molar-refractivity contribution in [2.75, 3.05) is 5.73 Å². The molecule has 0 amide bonds. The number of benzene rings is 1. The second-order valence-corrected chi connectivity index (χ2v) is 4.05. The molecule has 0 fully saturated rings. The minimum atomic E-state index is 0.00287. The standard InChI is InChI=1S/C14H16N2O2/c1-10-4-2-5-11(8-17)12(10)9-18-13-6-3-7-16-14(13)15/h2-7,17H,8-9H2,1H3,(H2,15,16). The maximum Gasteiger partial charge on any atom is 0.166 e. The van der Waals surface area contributed by atoms with E-state index in [1.807, 2.05) is 25.1 Å². The zero-order valence-corrected chi connectivity index (χ0v) is 10.3. The molecule has 1 aromatic heterocycles. The van der Waals surface area contributed by atoms with Crippen LogP contribution >= 0.6 is 0 Å². The predicted molar refractivity (Wildman–Crippen MR) is 70.1 cm³/mol. The van der Waals surface area contributed by atoms with Crippen LogP contribution in [0.3, 0.4) is 0 Å². The van der Waals surface area contributed by atoms with Gasteiger partial charge in [0.05, 0.1) is 6.61 Å². The van der Waals surface area contributed by atoms with Gasteiger partial charge in [0.25, 0.3) is 0 Å². The van der Waals surface area contributed by atoms with Crippen molar-refractivity contribution in [2.24, 2.45) is 0 Å². The Kier molecular flexibility index (Phi) is 3.79. The molecule has 0 unspecified atom stereocenters. The number of aryl methyl sites for hydroxylation is 1. The van der Waals surface area contributed by atoms with Crippen molar-refractivity contribution in [2.45, 2.75) is 20.1 Å². The number of hydrogen-bond acceptors (Lipinski definition) is 4. The number of ether oxygens (including phenoxy) is 1. The van der Waals surface area contributed by atoms with Gasteiger partial charge in [-0.2, -0.15) is 0 Å². The third-order valence-corrected chi connectivity index (χ3v) is 2.85. The van der Waals surface area contributed by atoms with Crippen LogP contribution in [0, 0.1) is 6.92 Å². The molecule has 0 saturated heterocycles. The first-order valence-corrected chi connectivity index (χ1v) is 5.74. The first-order valence-electron chi connectivity index (χ1n) is 5.74. The molecule has 0 aliphatic carbocycles. The summed E-state index contributed by atoms with van der Waals surface area (Å²) in [6, 6.07) is 9.35. The number of hydrogen-bond donors (Lipinski definition) is 2. The number of pyridine rings is 1. The second-order valence-electron chi connectivity index (χ2n) is 4.05. The Morgan fingerprint density at radius 3 is 2.83 bits per heavy atom. The Bertz CT molecular complexity index is 541. The number of rotatable bonds is 4. The highest BCUT2D eigenvalue weighted by molar-refractivity contribution is 5.45. The molecular formula is C14H16N2O2. The molecule has 1 aromatic carbocycles. The number of aliphatic hydroxyl groups excluding tert-OH is 1. The fraction of sp³-hybridized carbons (Fsp3) is 0.214. The maximum absolute atomic E-state index is 9.30. The van der Waals surface area contributed by atoms with Gasteiger partial charge in [-0.3, -0.25) is 0 Å². The molecule has 0 aliphatic heterocycles. The number of anilines is 1. The summed E-state index contributed by atoms with van der Waals surface area (Å²) in [6.45, 7) is 2.37. The summed E-state index contributed by atoms with van der Waals surface area (Å²) in [5, 5.41) is 9.30. The summed E-state index contributed by atoms with van der Waals surface area (Å²) in [5.41, 5.74) is 8.66. The van der Waals surface area contributed by atoms with Crippen LogP contribution in [0.1, 0.15) is 16.7 Å². The van der Waals surface area contributed by atoms with E-state index < -0.39 is 0 Å². The summed E-state index contributed by atoms with van der Waals surface area (Å²) >= 11 is 0. The molecule has 0 saturated carbocycles. The van der Waals surface area contributed by atoms with Crippen LogP contribution in [0.4, 0.5) is 5.82 Å². The maximum atomic E-state index is 9.30. The van der Waals surface area contributed by atoms with Crippen LogP contribution < -0.4 is 10.5 Å². The van der Waals surface area contributed by atoms with E-state index in [1.165, 1.54) is 0 Å². The number of nitrogens with zero attached hydrogens (tertiary/aromatic N) is 1. The Labute approximate surface area is 106 Å². The van der Waals surface area contributed by atoms with Crippen LogP contribution in [0.5, 0.6) is 5.75 Å². The number of aromatic nitrogens is 1. The summed E-state index contributed by atoms with van der Waals surface area (Å²) in [6.07, 6.45) is 1.62. The van der Waals surface area contributed by atoms with E-state index in [9.17, 15) is 5.11 Å². The molecule has 18 heavy (non-hydrogen) atoms. The molecule has 0 bridgehead atoms. The molecule has 2 aromatic rings. The van der Waals surface area contributed by atoms with Gasteiger partial charge in [0.1, 0.15) is 6.61 Å². The lowest BCUT2D eigenvalue weighted by Crippen LogP contribution is -2.04. The van der Waals surface area contributed by atoms with Crippen LogP contribution in [0.2, 0.25) is 0 Å². The molecule has 3 N–H and O–H groups in total. The van der Waals surface area contributed by atoms with Gasteiger partial charge in [-0.1, -0.05) is 18.2 Å². The highest BCUT2D eigenvalue weighted by atomic mass is 16.5. The molecule has 0 atom stereocenters. The van der Waals surface area contributed by atoms with E-state index in [0.29, 0.717) is 18.2 Å². The summed E-state index contributed by atoms with van der Waals surface area (Å²) in [5.74, 6) is 0.932. The normalized spacial score (nSPS) is 10.3. The minimum absolute atomic E-state index is 0.00287. The lowest BCUT2D eigenvalue weighted by atomic mass is 10.0. The largest absolute Gasteiger partial charge is 0.485 e. The van der Waals surface area contributed by atoms with E-state index in [1.54, 1.807) is 18.3 Å². The molecular weight excluding hydrogens is 228 g/mol. The topological polar surface area (TPSA) is 68.4 Å². The first kappa shape index (κ1) is 12.4. The summed E-state index contributed by atoms with van der Waals surface area (Å²) < 4.78 is 5.65. The fourth-order valence-corrected chi connectivity index (χ4v) is 1.79. The van der Waals surface area contributed by atoms with Crippen molar-refractivity contribution in [1.82, 2.24) is 4.98 Å². The van der Waals surface area contributed by atoms with Gasteiger partial charge in [0.2, 0.25) is 0 Å². The zero-order valence-electron chi connectivity index (χ0n) is 10.3. The van der Waals surface area contributed by atoms with Gasteiger partial charge in [-0.05, 0) is 35.7 Å². The van der Waals surface area contributed by atoms with Crippen molar-refractivity contribution in [1.29, 1.82) is 0 Å². The number of nitrogens with two attached hydrogens (primary N) is 1. The lowest BCUT2D eigenvalue weighted by molar-refractivity contribution is 0.269. The van der Waals surface area contributed by atoms with E-state index in [2.05, 4.69) is 4.98 Å². The quantitative estimate of drug-likeness (QED) is 0.863. The van der Waals surface area contributed by atoms with Crippen molar-refractivity contribution >= 4 is 5.82 Å². The zero-order chi connectivity index (χ0) is 13.0. The highest BCUT2D eigenvalue weighted by Gasteiger charge is 2.07. The highest BCUT2D eigenvalue weighted by Crippen LogP contribution is 2.21. The van der Waals surface area contributed by atoms with Gasteiger partial charge in [-0.15, -0.1) is 0 Å². The second kappa shape index (κ2) is 5.51. The lowest BCUT2D eigenvalue weighted by Gasteiger charge is -2.13. The molecule has 4 heteroatoms. The Balaban J connectivity index is 2.18. The van der Waals surface area contributed by atoms with Gasteiger partial charge in [0, 0.05) is 6.20 Å². The number of aliphatic hydroxyl groups is 1. The Morgan fingerprint density at radius 1 is 1.28 bits per heavy atom. The molecule has 0 aliphatic rings. The summed E-state index contributed by atoms with van der Waals surface area (Å²) in [4.78, 5) is 3.96. The van der Waals surface area contributed by atoms with Gasteiger partial charge in [0.15, 0.2) is 11.6 Å². The third kappa shape index (κ3) is 2.60. The SMILES string of the molecule is Cc1cccc(CO)c1COc1cccnc1N. The molecule has 2 rings (SSSR count). The number of nitrogen functional groups attached to an aromatic ring is 1. The smallest absolute Gasteiger partial charge is 0.166 e. The van der Waals surface area contributed by atoms with Gasteiger partial charge >= 0.3 is 0 Å². The van der Waals surface area contributed by atoms with E-state index in [-0.39, 0.29) is 6.61 Å². The predicted octanol–water partition coefficient (Wildman–Crippen LogP) is 2.04. The monoisotopic (exact) mass is 244 g/mol. The van der Waals surface area contributed by atoms with Crippen LogP contribution in [0.25, 0.3) is 0 Å². The van der Waals surface area contributed by atoms with E-state index in [0.717, 1.165) is 16.7 Å². The molecule has 0 radical (unpaired) electrons. The van der Waals surface area contributed by atoms with Crippen molar-refractivity contribution in [3.05, 3.63) is 53.2 Å². The third-order valence-electron chi connectivity index (χ3n) is 2.85. The van der Waals surface area contributed by atoms with Gasteiger partial charge in [-0.25, -0.2) is 4.98 Å². The van der Waals surface area contributed by atoms with E-state index in [4.69, 9.17) is 10.5 Å². The average molecular weight is 244 g/mol.